The SMILES string of the molecule is CCCOC(=O)CCCN.CCOC(=O)CN. The Morgan fingerprint density at radius 2 is 1.71 bits per heavy atom. The fraction of sp³-hybridized carbons (Fsp3) is 0.818. The minimum absolute atomic E-state index is 0.0200. The van der Waals surface area contributed by atoms with Gasteiger partial charge in [-0.3, -0.25) is 9.59 Å². The average Bonchev–Trinajstić information content (AvgIpc) is 2.34. The van der Waals surface area contributed by atoms with Crippen molar-refractivity contribution in [3.8, 4) is 0 Å². The molecule has 0 aromatic carbocycles. The zero-order chi connectivity index (χ0) is 13.5. The van der Waals surface area contributed by atoms with E-state index in [0.717, 1.165) is 12.8 Å². The number of ether oxygens (including phenoxy) is 2. The maximum Gasteiger partial charge on any atom is 0.319 e. The number of carbonyl (C=O) groups excluding carboxylic acids is 2. The van der Waals surface area contributed by atoms with Gasteiger partial charge in [0.1, 0.15) is 0 Å². The molecule has 0 saturated heterocycles. The zero-order valence-corrected chi connectivity index (χ0v) is 10.7. The Labute approximate surface area is 103 Å². The molecule has 0 atom stereocenters. The Balaban J connectivity index is 0. The molecule has 0 aliphatic rings. The number of rotatable bonds is 7. The number of nitrogens with two attached hydrogens (primary N) is 2. The highest BCUT2D eigenvalue weighted by molar-refractivity contribution is 5.71. The Kier molecular flexibility index (Phi) is 15.9. The monoisotopic (exact) mass is 248 g/mol. The molecule has 0 fully saturated rings. The molecule has 6 nitrogen and oxygen atoms in total. The van der Waals surface area contributed by atoms with Gasteiger partial charge in [-0.15, -0.1) is 0 Å². The normalized spacial score (nSPS) is 8.94. The van der Waals surface area contributed by atoms with Crippen molar-refractivity contribution in [1.82, 2.24) is 0 Å². The average molecular weight is 248 g/mol. The molecule has 0 aliphatic heterocycles. The standard InChI is InChI=1S/C7H15NO2.C4H9NO2/c1-2-6-10-7(9)4-3-5-8;1-2-7-4(6)3-5/h2-6,8H2,1H3;2-3,5H2,1H3. The molecule has 0 saturated carbocycles. The van der Waals surface area contributed by atoms with Gasteiger partial charge in [-0.1, -0.05) is 6.92 Å². The van der Waals surface area contributed by atoms with Gasteiger partial charge in [-0.25, -0.2) is 0 Å². The first-order valence-corrected chi connectivity index (χ1v) is 5.83. The quantitative estimate of drug-likeness (QED) is 0.623. The van der Waals surface area contributed by atoms with E-state index in [1.54, 1.807) is 6.92 Å². The van der Waals surface area contributed by atoms with E-state index in [0.29, 0.717) is 26.2 Å². The molecular weight excluding hydrogens is 224 g/mol. The smallest absolute Gasteiger partial charge is 0.319 e. The summed E-state index contributed by atoms with van der Waals surface area (Å²) in [5, 5.41) is 0. The second kappa shape index (κ2) is 14.9. The van der Waals surface area contributed by atoms with Crippen molar-refractivity contribution in [3.05, 3.63) is 0 Å². The summed E-state index contributed by atoms with van der Waals surface area (Å²) in [6.07, 6.45) is 2.06. The molecule has 0 unspecified atom stereocenters. The molecule has 0 spiro atoms. The highest BCUT2D eigenvalue weighted by atomic mass is 16.5. The molecule has 0 aromatic heterocycles. The summed E-state index contributed by atoms with van der Waals surface area (Å²) in [5.74, 6) is -0.477. The van der Waals surface area contributed by atoms with Crippen LogP contribution in [0.2, 0.25) is 0 Å². The van der Waals surface area contributed by atoms with Gasteiger partial charge in [-0.05, 0) is 26.3 Å². The van der Waals surface area contributed by atoms with Crippen LogP contribution in [0.25, 0.3) is 0 Å². The molecular formula is C11H24N2O4. The molecule has 0 amide bonds. The van der Waals surface area contributed by atoms with E-state index >= 15 is 0 Å². The van der Waals surface area contributed by atoms with Crippen LogP contribution in [0.5, 0.6) is 0 Å². The van der Waals surface area contributed by atoms with E-state index < -0.39 is 0 Å². The Morgan fingerprint density at radius 1 is 1.06 bits per heavy atom. The highest BCUT2D eigenvalue weighted by Crippen LogP contribution is 1.91. The molecule has 0 heterocycles. The van der Waals surface area contributed by atoms with Gasteiger partial charge >= 0.3 is 11.9 Å². The molecule has 102 valence electrons. The number of hydrogen-bond donors (Lipinski definition) is 2. The van der Waals surface area contributed by atoms with Crippen molar-refractivity contribution in [1.29, 1.82) is 0 Å². The molecule has 0 rings (SSSR count). The second-order valence-corrected chi connectivity index (χ2v) is 3.12. The van der Waals surface area contributed by atoms with Crippen molar-refractivity contribution in [2.24, 2.45) is 11.5 Å². The highest BCUT2D eigenvalue weighted by Gasteiger charge is 1.98. The van der Waals surface area contributed by atoms with E-state index in [2.05, 4.69) is 4.74 Å². The second-order valence-electron chi connectivity index (χ2n) is 3.12. The minimum Gasteiger partial charge on any atom is -0.466 e. The fourth-order valence-electron chi connectivity index (χ4n) is 0.754. The Bertz CT molecular complexity index is 188. The molecule has 6 heteroatoms. The van der Waals surface area contributed by atoms with Crippen LogP contribution in [-0.2, 0) is 19.1 Å². The van der Waals surface area contributed by atoms with Crippen LogP contribution in [0, 0.1) is 0 Å². The first-order chi connectivity index (χ1) is 8.12. The maximum absolute atomic E-state index is 10.7. The number of carbonyl (C=O) groups is 2. The summed E-state index contributed by atoms with van der Waals surface area (Å²) < 4.78 is 9.23. The Hall–Kier alpha value is -1.14. The topological polar surface area (TPSA) is 105 Å². The lowest BCUT2D eigenvalue weighted by molar-refractivity contribution is -0.144. The van der Waals surface area contributed by atoms with Crippen LogP contribution < -0.4 is 11.5 Å². The van der Waals surface area contributed by atoms with Crippen LogP contribution in [-0.4, -0.2) is 38.2 Å². The summed E-state index contributed by atoms with van der Waals surface area (Å²) in [5.41, 5.74) is 10.1. The van der Waals surface area contributed by atoms with Crippen LogP contribution in [0.1, 0.15) is 33.1 Å². The van der Waals surface area contributed by atoms with Gasteiger partial charge in [0.25, 0.3) is 0 Å². The largest absolute Gasteiger partial charge is 0.466 e. The lowest BCUT2D eigenvalue weighted by Gasteiger charge is -2.00. The van der Waals surface area contributed by atoms with Crippen LogP contribution in [0.4, 0.5) is 0 Å². The molecule has 0 aromatic rings. The van der Waals surface area contributed by atoms with Gasteiger partial charge in [0.05, 0.1) is 19.8 Å². The first-order valence-electron chi connectivity index (χ1n) is 5.83. The van der Waals surface area contributed by atoms with Crippen LogP contribution >= 0.6 is 0 Å². The van der Waals surface area contributed by atoms with E-state index in [9.17, 15) is 9.59 Å². The maximum atomic E-state index is 10.7. The number of hydrogen-bond acceptors (Lipinski definition) is 6. The molecule has 4 N–H and O–H groups in total. The minimum atomic E-state index is -0.345. The summed E-state index contributed by atoms with van der Waals surface area (Å²) in [4.78, 5) is 20.7. The van der Waals surface area contributed by atoms with Crippen molar-refractivity contribution in [2.75, 3.05) is 26.3 Å². The summed E-state index contributed by atoms with van der Waals surface area (Å²) in [7, 11) is 0. The molecule has 17 heavy (non-hydrogen) atoms. The summed E-state index contributed by atoms with van der Waals surface area (Å²) >= 11 is 0. The van der Waals surface area contributed by atoms with Crippen molar-refractivity contribution in [3.63, 3.8) is 0 Å². The Morgan fingerprint density at radius 3 is 2.06 bits per heavy atom. The molecule has 0 bridgehead atoms. The predicted molar refractivity (Wildman–Crippen MR) is 65.2 cm³/mol. The molecule has 0 radical (unpaired) electrons. The van der Waals surface area contributed by atoms with Crippen LogP contribution in [0.3, 0.4) is 0 Å². The first kappa shape index (κ1) is 18.2. The summed E-state index contributed by atoms with van der Waals surface area (Å²) in [6.45, 7) is 5.19. The van der Waals surface area contributed by atoms with Gasteiger partial charge in [0.2, 0.25) is 0 Å². The van der Waals surface area contributed by atoms with Crippen molar-refractivity contribution >= 4 is 11.9 Å². The van der Waals surface area contributed by atoms with E-state index in [4.69, 9.17) is 16.2 Å². The van der Waals surface area contributed by atoms with E-state index in [1.165, 1.54) is 0 Å². The molecule has 0 aliphatic carbocycles. The third-order valence-electron chi connectivity index (χ3n) is 1.52. The van der Waals surface area contributed by atoms with Gasteiger partial charge in [0, 0.05) is 6.42 Å². The van der Waals surface area contributed by atoms with E-state index in [-0.39, 0.29) is 18.5 Å². The van der Waals surface area contributed by atoms with Crippen molar-refractivity contribution < 1.29 is 19.1 Å². The number of esters is 2. The van der Waals surface area contributed by atoms with E-state index in [1.807, 2.05) is 6.92 Å². The predicted octanol–water partition coefficient (Wildman–Crippen LogP) is 0.187. The van der Waals surface area contributed by atoms with Crippen molar-refractivity contribution in [2.45, 2.75) is 33.1 Å². The lowest BCUT2D eigenvalue weighted by atomic mass is 10.3. The third kappa shape index (κ3) is 17.5. The fourth-order valence-corrected chi connectivity index (χ4v) is 0.754. The summed E-state index contributed by atoms with van der Waals surface area (Å²) in [6, 6.07) is 0. The lowest BCUT2D eigenvalue weighted by Crippen LogP contribution is -2.16. The zero-order valence-electron chi connectivity index (χ0n) is 10.7. The van der Waals surface area contributed by atoms with Crippen LogP contribution in [0.15, 0.2) is 0 Å². The van der Waals surface area contributed by atoms with Gasteiger partial charge in [0.15, 0.2) is 0 Å². The van der Waals surface area contributed by atoms with Gasteiger partial charge in [-0.2, -0.15) is 0 Å². The third-order valence-corrected chi connectivity index (χ3v) is 1.52. The van der Waals surface area contributed by atoms with Gasteiger partial charge < -0.3 is 20.9 Å².